The van der Waals surface area contributed by atoms with Gasteiger partial charge in [0, 0.05) is 30.9 Å². The largest absolute Gasteiger partial charge is 0.378 e. The Kier molecular flexibility index (Phi) is 5.27. The maximum Gasteiger partial charge on any atom is 0.277 e. The smallest absolute Gasteiger partial charge is 0.277 e. The highest BCUT2D eigenvalue weighted by atomic mass is 16.6. The molecule has 0 saturated carbocycles. The summed E-state index contributed by atoms with van der Waals surface area (Å²) in [5, 5.41) is 10.7. The summed E-state index contributed by atoms with van der Waals surface area (Å²) in [5.74, 6) is 0.206. The second-order valence-corrected chi connectivity index (χ2v) is 6.18. The van der Waals surface area contributed by atoms with Crippen LogP contribution in [0, 0.1) is 10.1 Å². The van der Waals surface area contributed by atoms with E-state index in [-0.39, 0.29) is 16.5 Å². The average Bonchev–Trinajstić information content (AvgIpc) is 2.63. The monoisotopic (exact) mass is 335 g/mol. The molecule has 2 heterocycles. The summed E-state index contributed by atoms with van der Waals surface area (Å²) in [7, 11) is 0. The second-order valence-electron chi connectivity index (χ2n) is 6.18. The predicted octanol–water partition coefficient (Wildman–Crippen LogP) is -0.841. The van der Waals surface area contributed by atoms with E-state index in [1.54, 1.807) is 12.1 Å². The molecule has 8 nitrogen and oxygen atoms in total. The van der Waals surface area contributed by atoms with Crippen molar-refractivity contribution in [3.8, 4) is 0 Å². The van der Waals surface area contributed by atoms with Gasteiger partial charge in [-0.3, -0.25) is 14.9 Å². The van der Waals surface area contributed by atoms with Gasteiger partial charge in [-0.2, -0.15) is 0 Å². The van der Waals surface area contributed by atoms with Gasteiger partial charge in [0.05, 0.1) is 44.3 Å². The lowest BCUT2D eigenvalue weighted by Gasteiger charge is -2.34. The van der Waals surface area contributed by atoms with Crippen LogP contribution in [-0.4, -0.2) is 74.8 Å². The van der Waals surface area contributed by atoms with Crippen LogP contribution >= 0.6 is 0 Å². The number of carbonyl (C=O) groups excluding carboxylic acids is 1. The number of morpholine rings is 1. The van der Waals surface area contributed by atoms with Gasteiger partial charge >= 0.3 is 0 Å². The molecule has 1 N–H and O–H groups in total. The quantitative estimate of drug-likeness (QED) is 0.573. The molecule has 130 valence electrons. The van der Waals surface area contributed by atoms with Crippen molar-refractivity contribution in [2.75, 3.05) is 63.9 Å². The summed E-state index contributed by atoms with van der Waals surface area (Å²) in [6.07, 6.45) is 0. The van der Waals surface area contributed by atoms with Crippen molar-refractivity contribution in [3.63, 3.8) is 0 Å². The normalized spacial score (nSPS) is 19.3. The number of rotatable bonds is 4. The third-order valence-electron chi connectivity index (χ3n) is 4.66. The highest BCUT2D eigenvalue weighted by Gasteiger charge is 2.25. The third-order valence-corrected chi connectivity index (χ3v) is 4.66. The Morgan fingerprint density at radius 1 is 1.12 bits per heavy atom. The van der Waals surface area contributed by atoms with Crippen molar-refractivity contribution >= 4 is 17.3 Å². The minimum Gasteiger partial charge on any atom is -0.378 e. The second kappa shape index (κ2) is 7.59. The summed E-state index contributed by atoms with van der Waals surface area (Å²) in [4.78, 5) is 28.0. The summed E-state index contributed by atoms with van der Waals surface area (Å²) < 4.78 is 5.28. The minimum atomic E-state index is -0.386. The van der Waals surface area contributed by atoms with Gasteiger partial charge in [0.2, 0.25) is 0 Å². The molecule has 3 rings (SSSR count). The van der Waals surface area contributed by atoms with Crippen LogP contribution in [0.5, 0.6) is 0 Å². The first-order chi connectivity index (χ1) is 11.6. The van der Waals surface area contributed by atoms with Crippen LogP contribution in [0.15, 0.2) is 24.3 Å². The molecule has 0 radical (unpaired) electrons. The van der Waals surface area contributed by atoms with Gasteiger partial charge in [0.1, 0.15) is 0 Å². The van der Waals surface area contributed by atoms with Crippen LogP contribution in [0.1, 0.15) is 0 Å². The number of piperazine rings is 1. The molecule has 8 heteroatoms. The van der Waals surface area contributed by atoms with Crippen LogP contribution < -0.4 is 9.80 Å². The number of non-ortho nitro benzene ring substituents is 1. The lowest BCUT2D eigenvalue weighted by Crippen LogP contribution is -3.16. The topological polar surface area (TPSA) is 80.4 Å². The fraction of sp³-hybridized carbons (Fsp3) is 0.562. The first kappa shape index (κ1) is 16.7. The number of hydrogen-bond acceptors (Lipinski definition) is 5. The molecule has 24 heavy (non-hydrogen) atoms. The van der Waals surface area contributed by atoms with E-state index in [9.17, 15) is 14.9 Å². The van der Waals surface area contributed by atoms with Gasteiger partial charge in [0.15, 0.2) is 6.54 Å². The Morgan fingerprint density at radius 3 is 2.33 bits per heavy atom. The maximum absolute atomic E-state index is 12.3. The fourth-order valence-electron chi connectivity index (χ4n) is 3.18. The molecular formula is C16H23N4O4+. The van der Waals surface area contributed by atoms with E-state index >= 15 is 0 Å². The fourth-order valence-corrected chi connectivity index (χ4v) is 3.18. The van der Waals surface area contributed by atoms with Crippen molar-refractivity contribution in [2.24, 2.45) is 0 Å². The van der Waals surface area contributed by atoms with E-state index in [1.807, 2.05) is 4.90 Å². The van der Waals surface area contributed by atoms with Crippen molar-refractivity contribution < 1.29 is 19.4 Å². The van der Waals surface area contributed by atoms with Crippen LogP contribution in [0.25, 0.3) is 0 Å². The van der Waals surface area contributed by atoms with Crippen LogP contribution in [0.2, 0.25) is 0 Å². The van der Waals surface area contributed by atoms with Gasteiger partial charge in [-0.15, -0.1) is 0 Å². The summed E-state index contributed by atoms with van der Waals surface area (Å²) in [5.41, 5.74) is 1.11. The number of quaternary nitrogens is 1. The summed E-state index contributed by atoms with van der Waals surface area (Å²) in [6.45, 7) is 6.69. The van der Waals surface area contributed by atoms with Crippen molar-refractivity contribution in [1.29, 1.82) is 0 Å². The number of nitrogens with zero attached hydrogens (tertiary/aromatic N) is 3. The molecule has 0 unspecified atom stereocenters. The molecule has 0 spiro atoms. The van der Waals surface area contributed by atoms with E-state index in [1.165, 1.54) is 17.0 Å². The zero-order valence-corrected chi connectivity index (χ0v) is 13.6. The van der Waals surface area contributed by atoms with Gasteiger partial charge < -0.3 is 19.4 Å². The molecule has 1 amide bonds. The number of carbonyl (C=O) groups is 1. The zero-order valence-electron chi connectivity index (χ0n) is 13.6. The van der Waals surface area contributed by atoms with Gasteiger partial charge in [-0.05, 0) is 12.1 Å². The molecular weight excluding hydrogens is 312 g/mol. The van der Waals surface area contributed by atoms with Crippen LogP contribution in [0.4, 0.5) is 11.4 Å². The Morgan fingerprint density at radius 2 is 1.75 bits per heavy atom. The van der Waals surface area contributed by atoms with Crippen LogP contribution in [0.3, 0.4) is 0 Å². The van der Waals surface area contributed by atoms with E-state index in [0.29, 0.717) is 32.8 Å². The van der Waals surface area contributed by atoms with E-state index in [2.05, 4.69) is 4.90 Å². The standard InChI is InChI=1S/C16H22N4O4/c21-16(19-9-11-24-12-10-19)13-17-5-7-18(8-6-17)14-1-3-15(4-2-14)20(22)23/h1-4H,5-13H2/p+1. The number of hydrogen-bond donors (Lipinski definition) is 1. The predicted molar refractivity (Wildman–Crippen MR) is 88.3 cm³/mol. The first-order valence-corrected chi connectivity index (χ1v) is 8.32. The molecule has 2 fully saturated rings. The molecule has 2 saturated heterocycles. The summed E-state index contributed by atoms with van der Waals surface area (Å²) in [6, 6.07) is 6.66. The van der Waals surface area contributed by atoms with E-state index in [0.717, 1.165) is 31.9 Å². The SMILES string of the molecule is O=C(C[NH+]1CCN(c2ccc([N+](=O)[O-])cc2)CC1)N1CCOCC1. The van der Waals surface area contributed by atoms with Gasteiger partial charge in [0.25, 0.3) is 11.6 Å². The number of nitrogens with one attached hydrogen (secondary N) is 1. The highest BCUT2D eigenvalue weighted by Crippen LogP contribution is 2.19. The highest BCUT2D eigenvalue weighted by molar-refractivity contribution is 5.77. The van der Waals surface area contributed by atoms with E-state index < -0.39 is 0 Å². The minimum absolute atomic E-state index is 0.110. The first-order valence-electron chi connectivity index (χ1n) is 8.32. The molecule has 2 aliphatic heterocycles. The molecule has 1 aromatic rings. The van der Waals surface area contributed by atoms with Crippen molar-refractivity contribution in [3.05, 3.63) is 34.4 Å². The average molecular weight is 335 g/mol. The van der Waals surface area contributed by atoms with Gasteiger partial charge in [-0.1, -0.05) is 0 Å². The number of benzene rings is 1. The molecule has 0 atom stereocenters. The lowest BCUT2D eigenvalue weighted by molar-refractivity contribution is -0.892. The Balaban J connectivity index is 1.48. The third kappa shape index (κ3) is 4.01. The molecule has 0 aliphatic carbocycles. The Labute approximate surface area is 140 Å². The lowest BCUT2D eigenvalue weighted by atomic mass is 10.2. The molecule has 0 aromatic heterocycles. The number of ether oxygens (including phenoxy) is 1. The van der Waals surface area contributed by atoms with Crippen molar-refractivity contribution in [1.82, 2.24) is 4.90 Å². The molecule has 0 bridgehead atoms. The molecule has 1 aromatic carbocycles. The number of nitro groups is 1. The number of nitro benzene ring substituents is 1. The number of amides is 1. The van der Waals surface area contributed by atoms with Gasteiger partial charge in [-0.25, -0.2) is 0 Å². The van der Waals surface area contributed by atoms with Crippen LogP contribution in [-0.2, 0) is 9.53 Å². The maximum atomic E-state index is 12.3. The molecule has 2 aliphatic rings. The Bertz CT molecular complexity index is 578. The Hall–Kier alpha value is -2.19. The zero-order chi connectivity index (χ0) is 16.9. The van der Waals surface area contributed by atoms with Crippen molar-refractivity contribution in [2.45, 2.75) is 0 Å². The summed E-state index contributed by atoms with van der Waals surface area (Å²) >= 11 is 0. The van der Waals surface area contributed by atoms with E-state index in [4.69, 9.17) is 4.74 Å². The number of anilines is 1.